The highest BCUT2D eigenvalue weighted by Crippen LogP contribution is 2.17. The van der Waals surface area contributed by atoms with E-state index in [-0.39, 0.29) is 24.1 Å². The normalized spacial score (nSPS) is 11.9. The van der Waals surface area contributed by atoms with Gasteiger partial charge in [0.2, 0.25) is 11.8 Å². The molecular weight excluding hydrogens is 476 g/mol. The number of carbonyl (C=O) groups excluding carboxylic acids is 2. The Hall–Kier alpha value is -4.99. The van der Waals surface area contributed by atoms with Crippen molar-refractivity contribution in [3.63, 3.8) is 0 Å². The lowest BCUT2D eigenvalue weighted by atomic mass is 10.1. The van der Waals surface area contributed by atoms with Crippen LogP contribution in [0.5, 0.6) is 0 Å². The third-order valence-corrected chi connectivity index (χ3v) is 5.53. The highest BCUT2D eigenvalue weighted by molar-refractivity contribution is 6.01. The van der Waals surface area contributed by atoms with Crippen molar-refractivity contribution in [3.8, 4) is 0 Å². The highest BCUT2D eigenvalue weighted by Gasteiger charge is 2.11. The number of allylic oxidation sites excluding steroid dienone is 1. The Labute approximate surface area is 210 Å². The van der Waals surface area contributed by atoms with Crippen LogP contribution >= 0.6 is 0 Å². The van der Waals surface area contributed by atoms with Gasteiger partial charge in [0.25, 0.3) is 0 Å². The summed E-state index contributed by atoms with van der Waals surface area (Å²) in [5, 5.41) is 5.46. The summed E-state index contributed by atoms with van der Waals surface area (Å²) in [5.41, 5.74) is 8.71. The van der Waals surface area contributed by atoms with Crippen LogP contribution in [0.3, 0.4) is 0 Å². The third-order valence-electron chi connectivity index (χ3n) is 5.53. The SMILES string of the molecule is C/C(=C\NNC(=O)CCC(=O)N/N=C(\C)c1cc2ccccc2oc1=O)c1cc2ccccc2oc1=O. The van der Waals surface area contributed by atoms with E-state index < -0.39 is 23.1 Å². The van der Waals surface area contributed by atoms with Gasteiger partial charge in [0, 0.05) is 29.8 Å². The van der Waals surface area contributed by atoms with Crippen molar-refractivity contribution in [2.24, 2.45) is 5.10 Å². The van der Waals surface area contributed by atoms with Gasteiger partial charge in [-0.05, 0) is 43.7 Å². The second-order valence-corrected chi connectivity index (χ2v) is 8.22. The van der Waals surface area contributed by atoms with Crippen molar-refractivity contribution < 1.29 is 18.4 Å². The quantitative estimate of drug-likeness (QED) is 0.191. The first-order valence-electron chi connectivity index (χ1n) is 11.4. The number of amides is 2. The number of para-hydroxylation sites is 2. The number of hydrazone groups is 1. The average Bonchev–Trinajstić information content (AvgIpc) is 2.89. The molecule has 3 N–H and O–H groups in total. The van der Waals surface area contributed by atoms with E-state index in [4.69, 9.17) is 8.83 Å². The number of hydrogen-bond acceptors (Lipinski definition) is 8. The Morgan fingerprint density at radius 3 is 2.00 bits per heavy atom. The number of nitrogens with zero attached hydrogens (tertiary/aromatic N) is 1. The first-order chi connectivity index (χ1) is 17.8. The number of hydrazine groups is 1. The molecule has 188 valence electrons. The lowest BCUT2D eigenvalue weighted by molar-refractivity contribution is -0.126. The predicted molar refractivity (Wildman–Crippen MR) is 139 cm³/mol. The van der Waals surface area contributed by atoms with Crippen LogP contribution < -0.4 is 27.5 Å². The molecule has 0 saturated carbocycles. The fourth-order valence-electron chi connectivity index (χ4n) is 3.51. The largest absolute Gasteiger partial charge is 0.422 e. The summed E-state index contributed by atoms with van der Waals surface area (Å²) >= 11 is 0. The van der Waals surface area contributed by atoms with Crippen molar-refractivity contribution in [1.29, 1.82) is 0 Å². The van der Waals surface area contributed by atoms with E-state index in [1.165, 1.54) is 6.20 Å². The van der Waals surface area contributed by atoms with Crippen molar-refractivity contribution in [3.05, 3.63) is 98.8 Å². The van der Waals surface area contributed by atoms with Gasteiger partial charge in [0.1, 0.15) is 11.2 Å². The Morgan fingerprint density at radius 1 is 0.811 bits per heavy atom. The van der Waals surface area contributed by atoms with E-state index >= 15 is 0 Å². The van der Waals surface area contributed by atoms with Crippen molar-refractivity contribution in [2.75, 3.05) is 0 Å². The monoisotopic (exact) mass is 500 g/mol. The first kappa shape index (κ1) is 25.1. The zero-order valence-electron chi connectivity index (χ0n) is 20.2. The van der Waals surface area contributed by atoms with Gasteiger partial charge in [0.15, 0.2) is 0 Å². The maximum atomic E-state index is 12.2. The molecular formula is C27H24N4O6. The zero-order valence-corrected chi connectivity index (χ0v) is 20.2. The smallest absolute Gasteiger partial charge is 0.345 e. The molecule has 0 radical (unpaired) electrons. The molecule has 0 spiro atoms. The number of rotatable bonds is 8. The lowest BCUT2D eigenvalue weighted by Crippen LogP contribution is -2.34. The molecule has 2 aromatic carbocycles. The van der Waals surface area contributed by atoms with Gasteiger partial charge in [-0.1, -0.05) is 36.4 Å². The summed E-state index contributed by atoms with van der Waals surface area (Å²) in [6, 6.07) is 17.6. The fraction of sp³-hybridized carbons (Fsp3) is 0.148. The summed E-state index contributed by atoms with van der Waals surface area (Å²) in [4.78, 5) is 48.6. The molecule has 0 saturated heterocycles. The average molecular weight is 501 g/mol. The summed E-state index contributed by atoms with van der Waals surface area (Å²) in [5.74, 6) is -0.944. The van der Waals surface area contributed by atoms with Crippen LogP contribution in [0.15, 0.2) is 90.4 Å². The summed E-state index contributed by atoms with van der Waals surface area (Å²) in [6.45, 7) is 3.27. The van der Waals surface area contributed by atoms with Gasteiger partial charge in [0.05, 0.1) is 16.8 Å². The Kier molecular flexibility index (Phi) is 7.58. The molecule has 10 nitrogen and oxygen atoms in total. The van der Waals surface area contributed by atoms with Crippen LogP contribution in [0.1, 0.15) is 37.8 Å². The van der Waals surface area contributed by atoms with E-state index in [9.17, 15) is 19.2 Å². The number of carbonyl (C=O) groups is 2. The second-order valence-electron chi connectivity index (χ2n) is 8.22. The van der Waals surface area contributed by atoms with Gasteiger partial charge >= 0.3 is 11.3 Å². The van der Waals surface area contributed by atoms with Gasteiger partial charge in [-0.3, -0.25) is 15.0 Å². The molecule has 4 aromatic rings. The number of benzene rings is 2. The van der Waals surface area contributed by atoms with Gasteiger partial charge in [-0.15, -0.1) is 0 Å². The minimum Gasteiger partial charge on any atom is -0.422 e. The molecule has 2 heterocycles. The first-order valence-corrected chi connectivity index (χ1v) is 11.4. The zero-order chi connectivity index (χ0) is 26.4. The Bertz CT molecular complexity index is 1670. The van der Waals surface area contributed by atoms with E-state index in [0.717, 1.165) is 10.8 Å². The fourth-order valence-corrected chi connectivity index (χ4v) is 3.51. The van der Waals surface area contributed by atoms with Crippen LogP contribution in [-0.4, -0.2) is 17.5 Å². The Balaban J connectivity index is 1.27. The minimum absolute atomic E-state index is 0.115. The van der Waals surface area contributed by atoms with Gasteiger partial charge in [-0.25, -0.2) is 15.0 Å². The van der Waals surface area contributed by atoms with E-state index in [1.54, 1.807) is 56.3 Å². The lowest BCUT2D eigenvalue weighted by Gasteiger charge is -2.07. The maximum absolute atomic E-state index is 12.2. The van der Waals surface area contributed by atoms with Crippen LogP contribution in [0.2, 0.25) is 0 Å². The summed E-state index contributed by atoms with van der Waals surface area (Å²) < 4.78 is 10.6. The molecule has 0 fully saturated rings. The molecule has 0 atom stereocenters. The molecule has 4 rings (SSSR count). The summed E-state index contributed by atoms with van der Waals surface area (Å²) in [6.07, 6.45) is 1.21. The van der Waals surface area contributed by atoms with Crippen LogP contribution in [0.4, 0.5) is 0 Å². The van der Waals surface area contributed by atoms with Crippen LogP contribution in [0, 0.1) is 0 Å². The van der Waals surface area contributed by atoms with Crippen LogP contribution in [-0.2, 0) is 9.59 Å². The number of hydrogen-bond donors (Lipinski definition) is 3. The maximum Gasteiger partial charge on any atom is 0.345 e. The molecule has 0 aliphatic heterocycles. The number of fused-ring (bicyclic) bond motifs is 2. The molecule has 37 heavy (non-hydrogen) atoms. The molecule has 0 aliphatic rings. The molecule has 10 heteroatoms. The summed E-state index contributed by atoms with van der Waals surface area (Å²) in [7, 11) is 0. The van der Waals surface area contributed by atoms with Gasteiger partial charge in [-0.2, -0.15) is 5.10 Å². The van der Waals surface area contributed by atoms with E-state index in [2.05, 4.69) is 21.4 Å². The van der Waals surface area contributed by atoms with Gasteiger partial charge < -0.3 is 14.3 Å². The molecule has 0 bridgehead atoms. The highest BCUT2D eigenvalue weighted by atomic mass is 16.4. The van der Waals surface area contributed by atoms with Crippen molar-refractivity contribution in [2.45, 2.75) is 26.7 Å². The Morgan fingerprint density at radius 2 is 1.35 bits per heavy atom. The molecule has 0 aliphatic carbocycles. The predicted octanol–water partition coefficient (Wildman–Crippen LogP) is 3.20. The standard InChI is InChI=1S/C27H24N4O6/c1-16(20-13-18-7-3-5-9-22(18)36-26(20)34)15-28-30-24(32)11-12-25(33)31-29-17(2)21-14-19-8-4-6-10-23(19)37-27(21)35/h3-10,13-15,28H,11-12H2,1-2H3,(H,30,32)(H,31,33)/b16-15+,29-17+. The van der Waals surface area contributed by atoms with Crippen molar-refractivity contribution in [1.82, 2.24) is 16.3 Å². The molecule has 0 unspecified atom stereocenters. The second kappa shape index (κ2) is 11.2. The minimum atomic E-state index is -0.565. The number of nitrogens with one attached hydrogen (secondary N) is 3. The van der Waals surface area contributed by atoms with Crippen molar-refractivity contribution >= 4 is 45.0 Å². The molecule has 2 amide bonds. The third kappa shape index (κ3) is 6.17. The topological polar surface area (TPSA) is 143 Å². The molecule has 2 aromatic heterocycles. The van der Waals surface area contributed by atoms with Crippen LogP contribution in [0.25, 0.3) is 27.5 Å². The van der Waals surface area contributed by atoms with E-state index in [0.29, 0.717) is 22.3 Å². The van der Waals surface area contributed by atoms with E-state index in [1.807, 2.05) is 18.2 Å².